The molecule has 0 N–H and O–H groups in total. The van der Waals surface area contributed by atoms with Crippen LogP contribution in [-0.2, 0) is 14.8 Å². The third-order valence-electron chi connectivity index (χ3n) is 4.31. The Balaban J connectivity index is 1.83. The second-order valence-corrected chi connectivity index (χ2v) is 8.01. The second-order valence-electron chi connectivity index (χ2n) is 6.07. The molecule has 0 spiro atoms. The van der Waals surface area contributed by atoms with Crippen LogP contribution in [0.4, 0.5) is 0 Å². The Kier molecular flexibility index (Phi) is 4.70. The first-order valence-corrected chi connectivity index (χ1v) is 9.43. The molecule has 1 atom stereocenters. The van der Waals surface area contributed by atoms with E-state index >= 15 is 0 Å². The lowest BCUT2D eigenvalue weighted by Gasteiger charge is -2.31. The van der Waals surface area contributed by atoms with E-state index in [4.69, 9.17) is 4.74 Å². The minimum absolute atomic E-state index is 0.00390. The summed E-state index contributed by atoms with van der Waals surface area (Å²) < 4.78 is 32.2. The van der Waals surface area contributed by atoms with Gasteiger partial charge in [0.2, 0.25) is 10.0 Å². The van der Waals surface area contributed by atoms with Crippen LogP contribution in [0.5, 0.6) is 0 Å². The normalized spacial score (nSPS) is 23.2. The van der Waals surface area contributed by atoms with Crippen molar-refractivity contribution in [3.8, 4) is 0 Å². The number of amides is 1. The topological polar surface area (TPSA) is 66.9 Å². The Bertz CT molecular complexity index is 683. The average Bonchev–Trinajstić information content (AvgIpc) is 3.09. The van der Waals surface area contributed by atoms with Crippen LogP contribution in [0, 0.1) is 0 Å². The smallest absolute Gasteiger partial charge is 0.254 e. The maximum Gasteiger partial charge on any atom is 0.254 e. The lowest BCUT2D eigenvalue weighted by molar-refractivity contribution is -0.0124. The summed E-state index contributed by atoms with van der Waals surface area (Å²) in [5.41, 5.74) is 0.416. The predicted molar refractivity (Wildman–Crippen MR) is 85.8 cm³/mol. The predicted octanol–water partition coefficient (Wildman–Crippen LogP) is 1.33. The maximum absolute atomic E-state index is 12.6. The highest BCUT2D eigenvalue weighted by Crippen LogP contribution is 2.22. The van der Waals surface area contributed by atoms with E-state index in [2.05, 4.69) is 0 Å². The van der Waals surface area contributed by atoms with Gasteiger partial charge in [-0.15, -0.1) is 0 Å². The molecule has 6 nitrogen and oxygen atoms in total. The molecular formula is C16H22N2O4S. The molecule has 3 rings (SSSR count). The minimum atomic E-state index is -3.50. The van der Waals surface area contributed by atoms with Crippen molar-refractivity contribution >= 4 is 15.9 Å². The molecule has 1 aromatic rings. The van der Waals surface area contributed by atoms with Gasteiger partial charge in [-0.1, -0.05) is 6.07 Å². The summed E-state index contributed by atoms with van der Waals surface area (Å²) in [6.45, 7) is 4.61. The molecule has 0 radical (unpaired) electrons. The third-order valence-corrected chi connectivity index (χ3v) is 6.21. The van der Waals surface area contributed by atoms with E-state index < -0.39 is 10.0 Å². The van der Waals surface area contributed by atoms with Gasteiger partial charge < -0.3 is 9.64 Å². The number of hydrogen-bond donors (Lipinski definition) is 0. The van der Waals surface area contributed by atoms with Crippen LogP contribution >= 0.6 is 0 Å². The van der Waals surface area contributed by atoms with Crippen molar-refractivity contribution in [2.45, 2.75) is 30.8 Å². The quantitative estimate of drug-likeness (QED) is 0.834. The van der Waals surface area contributed by atoms with E-state index in [0.29, 0.717) is 38.3 Å². The van der Waals surface area contributed by atoms with Crippen molar-refractivity contribution in [2.75, 3.05) is 32.8 Å². The molecule has 2 aliphatic rings. The van der Waals surface area contributed by atoms with Crippen LogP contribution in [0.15, 0.2) is 29.2 Å². The van der Waals surface area contributed by atoms with Gasteiger partial charge in [-0.25, -0.2) is 8.42 Å². The number of hydrogen-bond acceptors (Lipinski definition) is 4. The van der Waals surface area contributed by atoms with Gasteiger partial charge in [0.05, 0.1) is 17.6 Å². The summed E-state index contributed by atoms with van der Waals surface area (Å²) in [6.07, 6.45) is 1.79. The van der Waals surface area contributed by atoms with Crippen molar-refractivity contribution in [2.24, 2.45) is 0 Å². The standard InChI is InChI=1S/C16H22N2O4S/c1-13-12-17(9-10-22-13)16(19)14-5-4-6-15(11-14)23(20,21)18-7-2-3-8-18/h4-6,11,13H,2-3,7-10,12H2,1H3/t13-/m1/s1. The van der Waals surface area contributed by atoms with Crippen LogP contribution in [0.25, 0.3) is 0 Å². The number of nitrogens with zero attached hydrogens (tertiary/aromatic N) is 2. The highest BCUT2D eigenvalue weighted by molar-refractivity contribution is 7.89. The van der Waals surface area contributed by atoms with Crippen LogP contribution in [0.3, 0.4) is 0 Å². The van der Waals surface area contributed by atoms with Crippen molar-refractivity contribution in [1.29, 1.82) is 0 Å². The van der Waals surface area contributed by atoms with Gasteiger partial charge in [0.15, 0.2) is 0 Å². The van der Waals surface area contributed by atoms with Crippen LogP contribution in [-0.4, -0.2) is 62.4 Å². The van der Waals surface area contributed by atoms with E-state index in [-0.39, 0.29) is 16.9 Å². The number of rotatable bonds is 3. The molecule has 2 heterocycles. The van der Waals surface area contributed by atoms with E-state index in [9.17, 15) is 13.2 Å². The molecule has 0 unspecified atom stereocenters. The van der Waals surface area contributed by atoms with E-state index in [1.165, 1.54) is 10.4 Å². The average molecular weight is 338 g/mol. The van der Waals surface area contributed by atoms with Gasteiger partial charge in [0.25, 0.3) is 5.91 Å². The van der Waals surface area contributed by atoms with Gasteiger partial charge >= 0.3 is 0 Å². The number of carbonyl (C=O) groups is 1. The van der Waals surface area contributed by atoms with Crippen LogP contribution in [0.1, 0.15) is 30.1 Å². The summed E-state index contributed by atoms with van der Waals surface area (Å²) in [7, 11) is -3.50. The zero-order chi connectivity index (χ0) is 16.4. The Morgan fingerprint density at radius 3 is 2.65 bits per heavy atom. The number of sulfonamides is 1. The lowest BCUT2D eigenvalue weighted by atomic mass is 10.2. The molecule has 0 bridgehead atoms. The van der Waals surface area contributed by atoms with Crippen molar-refractivity contribution in [3.63, 3.8) is 0 Å². The molecule has 2 fully saturated rings. The monoisotopic (exact) mass is 338 g/mol. The van der Waals surface area contributed by atoms with Gasteiger partial charge in [0, 0.05) is 31.7 Å². The highest BCUT2D eigenvalue weighted by atomic mass is 32.2. The fraction of sp³-hybridized carbons (Fsp3) is 0.562. The van der Waals surface area contributed by atoms with Gasteiger partial charge in [-0.2, -0.15) is 4.31 Å². The largest absolute Gasteiger partial charge is 0.375 e. The number of benzene rings is 1. The Hall–Kier alpha value is -1.44. The van der Waals surface area contributed by atoms with Crippen molar-refractivity contribution < 1.29 is 17.9 Å². The minimum Gasteiger partial charge on any atom is -0.375 e. The van der Waals surface area contributed by atoms with Crippen molar-refractivity contribution in [3.05, 3.63) is 29.8 Å². The van der Waals surface area contributed by atoms with Gasteiger partial charge in [-0.3, -0.25) is 4.79 Å². The molecule has 23 heavy (non-hydrogen) atoms. The molecule has 2 aliphatic heterocycles. The molecular weight excluding hydrogens is 316 g/mol. The molecule has 1 aromatic carbocycles. The molecule has 2 saturated heterocycles. The summed E-state index contributed by atoms with van der Waals surface area (Å²) in [5, 5.41) is 0. The molecule has 0 aliphatic carbocycles. The van der Waals surface area contributed by atoms with Gasteiger partial charge in [0.1, 0.15) is 0 Å². The molecule has 0 aromatic heterocycles. The van der Waals surface area contributed by atoms with Gasteiger partial charge in [-0.05, 0) is 38.0 Å². The molecule has 7 heteroatoms. The van der Waals surface area contributed by atoms with Crippen LogP contribution < -0.4 is 0 Å². The van der Waals surface area contributed by atoms with Crippen molar-refractivity contribution in [1.82, 2.24) is 9.21 Å². The summed E-state index contributed by atoms with van der Waals surface area (Å²) in [6, 6.07) is 6.37. The Morgan fingerprint density at radius 1 is 1.22 bits per heavy atom. The number of ether oxygens (including phenoxy) is 1. The third kappa shape index (κ3) is 3.41. The first-order valence-electron chi connectivity index (χ1n) is 7.99. The highest BCUT2D eigenvalue weighted by Gasteiger charge is 2.28. The van der Waals surface area contributed by atoms with E-state index in [1.807, 2.05) is 6.92 Å². The fourth-order valence-electron chi connectivity index (χ4n) is 3.05. The van der Waals surface area contributed by atoms with Crippen LogP contribution in [0.2, 0.25) is 0 Å². The fourth-order valence-corrected chi connectivity index (χ4v) is 4.62. The molecule has 126 valence electrons. The van der Waals surface area contributed by atoms with E-state index in [0.717, 1.165) is 12.8 Å². The SMILES string of the molecule is C[C@@H]1CN(C(=O)c2cccc(S(=O)(=O)N3CCCC3)c2)CCO1. The Labute approximate surface area is 137 Å². The number of morpholine rings is 1. The zero-order valence-corrected chi connectivity index (χ0v) is 14.1. The summed E-state index contributed by atoms with van der Waals surface area (Å²) >= 11 is 0. The number of carbonyl (C=O) groups excluding carboxylic acids is 1. The zero-order valence-electron chi connectivity index (χ0n) is 13.3. The second kappa shape index (κ2) is 6.59. The first kappa shape index (κ1) is 16.4. The molecule has 0 saturated carbocycles. The summed E-state index contributed by atoms with van der Waals surface area (Å²) in [5.74, 6) is -0.140. The summed E-state index contributed by atoms with van der Waals surface area (Å²) in [4.78, 5) is 14.5. The Morgan fingerprint density at radius 2 is 1.96 bits per heavy atom. The van der Waals surface area contributed by atoms with E-state index in [1.54, 1.807) is 23.1 Å². The lowest BCUT2D eigenvalue weighted by Crippen LogP contribution is -2.44. The first-order chi connectivity index (χ1) is 11.0. The molecule has 1 amide bonds. The maximum atomic E-state index is 12.6.